The van der Waals surface area contributed by atoms with Crippen molar-refractivity contribution in [1.82, 2.24) is 9.97 Å². The van der Waals surface area contributed by atoms with Crippen molar-refractivity contribution in [3.63, 3.8) is 0 Å². The van der Waals surface area contributed by atoms with Gasteiger partial charge >= 0.3 is 6.18 Å². The van der Waals surface area contributed by atoms with Crippen LogP contribution in [0.3, 0.4) is 0 Å². The van der Waals surface area contributed by atoms with E-state index in [9.17, 15) is 23.1 Å². The standard InChI is InChI=1S/C26H24F4N4O3/c1-15-2-5-18(32-23(36)20-6-7-31-24(33-20)26(28,29)30)11-19(15)16-3-4-17-12-25(27,14-35)22-13-37-9-8-34(22)21(17)10-16/h2-7,10-11,22,35H,8-9,12-14H2,1H3,(H,32,36)/t22-,25+/m0/s1. The highest BCUT2D eigenvalue weighted by atomic mass is 19.4. The van der Waals surface area contributed by atoms with E-state index in [1.54, 1.807) is 18.2 Å². The quantitative estimate of drug-likeness (QED) is 0.506. The second-order valence-corrected chi connectivity index (χ2v) is 9.24. The zero-order valence-electron chi connectivity index (χ0n) is 19.8. The first-order chi connectivity index (χ1) is 17.6. The number of benzene rings is 2. The Kier molecular flexibility index (Phi) is 6.36. The molecule has 3 heterocycles. The van der Waals surface area contributed by atoms with Gasteiger partial charge in [0.2, 0.25) is 5.82 Å². The van der Waals surface area contributed by atoms with Crippen LogP contribution in [-0.4, -0.2) is 59.1 Å². The maximum atomic E-state index is 15.5. The summed E-state index contributed by atoms with van der Waals surface area (Å²) in [6.07, 6.45) is -3.81. The van der Waals surface area contributed by atoms with E-state index in [2.05, 4.69) is 15.3 Å². The van der Waals surface area contributed by atoms with Gasteiger partial charge in [-0.15, -0.1) is 0 Å². The highest BCUT2D eigenvalue weighted by Gasteiger charge is 2.48. The number of alkyl halides is 4. The molecule has 0 unspecified atom stereocenters. The molecule has 1 fully saturated rings. The number of nitrogens with one attached hydrogen (secondary N) is 1. The third-order valence-electron chi connectivity index (χ3n) is 6.82. The lowest BCUT2D eigenvalue weighted by Crippen LogP contribution is -2.62. The molecule has 2 aliphatic rings. The van der Waals surface area contributed by atoms with Crippen LogP contribution in [0.1, 0.15) is 27.4 Å². The Morgan fingerprint density at radius 1 is 1.24 bits per heavy atom. The van der Waals surface area contributed by atoms with Gasteiger partial charge in [0.1, 0.15) is 5.69 Å². The first-order valence-corrected chi connectivity index (χ1v) is 11.7. The Hall–Kier alpha value is -3.57. The summed E-state index contributed by atoms with van der Waals surface area (Å²) in [7, 11) is 0. The zero-order valence-corrected chi connectivity index (χ0v) is 19.8. The van der Waals surface area contributed by atoms with E-state index < -0.39 is 41.9 Å². The van der Waals surface area contributed by atoms with Crippen molar-refractivity contribution in [2.45, 2.75) is 31.2 Å². The minimum absolute atomic E-state index is 0.0670. The van der Waals surface area contributed by atoms with E-state index in [1.165, 1.54) is 0 Å². The zero-order chi connectivity index (χ0) is 26.4. The topological polar surface area (TPSA) is 87.6 Å². The lowest BCUT2D eigenvalue weighted by Gasteiger charge is -2.48. The van der Waals surface area contributed by atoms with Gasteiger partial charge in [-0.25, -0.2) is 14.4 Å². The molecule has 0 radical (unpaired) electrons. The van der Waals surface area contributed by atoms with E-state index in [0.717, 1.165) is 40.2 Å². The highest BCUT2D eigenvalue weighted by molar-refractivity contribution is 6.03. The fourth-order valence-corrected chi connectivity index (χ4v) is 4.89. The van der Waals surface area contributed by atoms with Gasteiger partial charge in [0, 0.05) is 30.5 Å². The molecule has 0 bridgehead atoms. The second-order valence-electron chi connectivity index (χ2n) is 9.24. The number of morpholine rings is 1. The molecule has 0 saturated carbocycles. The van der Waals surface area contributed by atoms with Gasteiger partial charge in [-0.3, -0.25) is 4.79 Å². The predicted octanol–water partition coefficient (Wildman–Crippen LogP) is 4.19. The molecule has 0 spiro atoms. The Labute approximate surface area is 210 Å². The maximum Gasteiger partial charge on any atom is 0.451 e. The number of hydrogen-bond donors (Lipinski definition) is 2. The first-order valence-electron chi connectivity index (χ1n) is 11.7. The van der Waals surface area contributed by atoms with E-state index in [0.29, 0.717) is 18.8 Å². The molecule has 2 N–H and O–H groups in total. The van der Waals surface area contributed by atoms with Gasteiger partial charge in [0.15, 0.2) is 5.67 Å². The Morgan fingerprint density at radius 3 is 2.81 bits per heavy atom. The number of hydrogen-bond acceptors (Lipinski definition) is 6. The fourth-order valence-electron chi connectivity index (χ4n) is 4.89. The molecule has 1 amide bonds. The van der Waals surface area contributed by atoms with E-state index in [-0.39, 0.29) is 13.0 Å². The molecule has 0 aliphatic carbocycles. The van der Waals surface area contributed by atoms with Gasteiger partial charge in [-0.2, -0.15) is 13.2 Å². The number of aliphatic hydroxyl groups is 1. The lowest BCUT2D eigenvalue weighted by atomic mass is 9.82. The highest BCUT2D eigenvalue weighted by Crippen LogP contribution is 2.42. The molecule has 1 aromatic heterocycles. The number of ether oxygens (including phenoxy) is 1. The molecule has 11 heteroatoms. The van der Waals surface area contributed by atoms with Crippen molar-refractivity contribution in [2.24, 2.45) is 0 Å². The summed E-state index contributed by atoms with van der Waals surface area (Å²) in [5.74, 6) is -2.19. The number of carbonyl (C=O) groups excluding carboxylic acids is 1. The van der Waals surface area contributed by atoms with Gasteiger partial charge in [-0.05, 0) is 53.4 Å². The summed E-state index contributed by atoms with van der Waals surface area (Å²) in [5.41, 5.74) is 2.34. The number of carbonyl (C=O) groups is 1. The van der Waals surface area contributed by atoms with Crippen LogP contribution in [0.4, 0.5) is 28.9 Å². The Balaban J connectivity index is 1.45. The Morgan fingerprint density at radius 2 is 2.05 bits per heavy atom. The van der Waals surface area contributed by atoms with Crippen LogP contribution in [0.5, 0.6) is 0 Å². The van der Waals surface area contributed by atoms with Crippen LogP contribution >= 0.6 is 0 Å². The number of aromatic nitrogens is 2. The van der Waals surface area contributed by atoms with E-state index in [1.807, 2.05) is 30.0 Å². The number of rotatable bonds is 4. The molecule has 5 rings (SSSR count). The largest absolute Gasteiger partial charge is 0.451 e. The normalized spacial score (nSPS) is 21.2. The summed E-state index contributed by atoms with van der Waals surface area (Å²) in [6.45, 7) is 2.41. The molecule has 7 nitrogen and oxygen atoms in total. The number of anilines is 2. The molecule has 37 heavy (non-hydrogen) atoms. The molecular weight excluding hydrogens is 492 g/mol. The number of nitrogens with zero attached hydrogens (tertiary/aromatic N) is 3. The van der Waals surface area contributed by atoms with Gasteiger partial charge in [0.25, 0.3) is 5.91 Å². The van der Waals surface area contributed by atoms with Crippen LogP contribution in [-0.2, 0) is 17.3 Å². The minimum atomic E-state index is -4.77. The molecule has 2 aliphatic heterocycles. The van der Waals surface area contributed by atoms with Crippen molar-refractivity contribution >= 4 is 17.3 Å². The average molecular weight is 516 g/mol. The maximum absolute atomic E-state index is 15.5. The molecule has 3 aromatic rings. The predicted molar refractivity (Wildman–Crippen MR) is 128 cm³/mol. The van der Waals surface area contributed by atoms with Crippen LogP contribution in [0, 0.1) is 6.92 Å². The van der Waals surface area contributed by atoms with Gasteiger partial charge in [-0.1, -0.05) is 18.2 Å². The molecule has 2 atom stereocenters. The molecular formula is C26H24F4N4O3. The summed E-state index contributed by atoms with van der Waals surface area (Å²) < 4.78 is 59.8. The first kappa shape index (κ1) is 25.1. The number of aryl methyl sites for hydroxylation is 1. The SMILES string of the molecule is Cc1ccc(NC(=O)c2ccnc(C(F)(F)F)n2)cc1-c1ccc2c(c1)N1CCOC[C@H]1[C@](F)(CO)C2. The monoisotopic (exact) mass is 516 g/mol. The van der Waals surface area contributed by atoms with E-state index >= 15 is 4.39 Å². The van der Waals surface area contributed by atoms with Crippen molar-refractivity contribution in [3.8, 4) is 11.1 Å². The third-order valence-corrected chi connectivity index (χ3v) is 6.82. The van der Waals surface area contributed by atoms with Crippen molar-refractivity contribution < 1.29 is 32.2 Å². The average Bonchev–Trinajstić information content (AvgIpc) is 2.89. The smallest absolute Gasteiger partial charge is 0.393 e. The van der Waals surface area contributed by atoms with Crippen molar-refractivity contribution in [2.75, 3.05) is 36.6 Å². The summed E-state index contributed by atoms with van der Waals surface area (Å²) in [5, 5.41) is 12.4. The van der Waals surface area contributed by atoms with E-state index in [4.69, 9.17) is 4.74 Å². The van der Waals surface area contributed by atoms with Crippen molar-refractivity contribution in [1.29, 1.82) is 0 Å². The van der Waals surface area contributed by atoms with Gasteiger partial charge < -0.3 is 20.1 Å². The van der Waals surface area contributed by atoms with Crippen LogP contribution < -0.4 is 10.2 Å². The van der Waals surface area contributed by atoms with Crippen LogP contribution in [0.15, 0.2) is 48.7 Å². The lowest BCUT2D eigenvalue weighted by molar-refractivity contribution is -0.145. The number of aliphatic hydroxyl groups excluding tert-OH is 1. The van der Waals surface area contributed by atoms with Crippen LogP contribution in [0.2, 0.25) is 0 Å². The summed E-state index contributed by atoms with van der Waals surface area (Å²) in [6, 6.07) is 11.3. The fraction of sp³-hybridized carbons (Fsp3) is 0.346. The number of halogens is 4. The van der Waals surface area contributed by atoms with Crippen LogP contribution in [0.25, 0.3) is 11.1 Å². The summed E-state index contributed by atoms with van der Waals surface area (Å²) >= 11 is 0. The summed E-state index contributed by atoms with van der Waals surface area (Å²) in [4.78, 5) is 21.1. The van der Waals surface area contributed by atoms with Gasteiger partial charge in [0.05, 0.1) is 25.9 Å². The molecule has 1 saturated heterocycles. The number of amides is 1. The number of fused-ring (bicyclic) bond motifs is 3. The molecule has 194 valence electrons. The third kappa shape index (κ3) is 4.76. The Bertz CT molecular complexity index is 1350. The second kappa shape index (κ2) is 9.38. The van der Waals surface area contributed by atoms with Crippen molar-refractivity contribution in [3.05, 3.63) is 71.3 Å². The molecule has 2 aromatic carbocycles. The minimum Gasteiger partial charge on any atom is -0.393 e.